The van der Waals surface area contributed by atoms with E-state index in [4.69, 9.17) is 11.6 Å². The minimum Gasteiger partial charge on any atom is -0.304 e. The molecule has 0 atom stereocenters. The summed E-state index contributed by atoms with van der Waals surface area (Å²) in [6.45, 7) is 5.70. The molecule has 0 amide bonds. The van der Waals surface area contributed by atoms with Gasteiger partial charge in [-0.15, -0.1) is 5.10 Å². The van der Waals surface area contributed by atoms with Crippen LogP contribution in [-0.2, 0) is 16.8 Å². The Morgan fingerprint density at radius 2 is 1.61 bits per heavy atom. The summed E-state index contributed by atoms with van der Waals surface area (Å²) in [6.07, 6.45) is 0. The first kappa shape index (κ1) is 17.5. The molecule has 1 aromatic rings. The SMILES string of the molecule is CN1CCN(S(=O)(=O)N2CCN(Cc3nnsc3Cl)CC2)CC1. The maximum Gasteiger partial charge on any atom is 0.282 e. The maximum absolute atomic E-state index is 12.7. The largest absolute Gasteiger partial charge is 0.304 e. The Morgan fingerprint density at radius 3 is 2.13 bits per heavy atom. The Balaban J connectivity index is 1.55. The lowest BCUT2D eigenvalue weighted by Crippen LogP contribution is -2.56. The van der Waals surface area contributed by atoms with Crippen LogP contribution < -0.4 is 0 Å². The molecule has 2 aliphatic heterocycles. The smallest absolute Gasteiger partial charge is 0.282 e. The van der Waals surface area contributed by atoms with Crippen LogP contribution in [0.25, 0.3) is 0 Å². The van der Waals surface area contributed by atoms with Gasteiger partial charge < -0.3 is 4.90 Å². The van der Waals surface area contributed by atoms with Gasteiger partial charge in [-0.1, -0.05) is 16.1 Å². The fourth-order valence-corrected chi connectivity index (χ4v) is 4.99. The van der Waals surface area contributed by atoms with E-state index in [1.807, 2.05) is 7.05 Å². The monoisotopic (exact) mass is 380 g/mol. The third-order valence-corrected chi connectivity index (χ3v) is 7.35. The van der Waals surface area contributed by atoms with Crippen LogP contribution in [0.1, 0.15) is 5.69 Å². The number of aromatic nitrogens is 2. The van der Waals surface area contributed by atoms with E-state index in [-0.39, 0.29) is 0 Å². The van der Waals surface area contributed by atoms with Crippen molar-refractivity contribution in [3.8, 4) is 0 Å². The van der Waals surface area contributed by atoms with Crippen LogP contribution in [0.15, 0.2) is 0 Å². The molecule has 130 valence electrons. The second-order valence-corrected chi connectivity index (χ2v) is 9.16. The van der Waals surface area contributed by atoms with Crippen molar-refractivity contribution in [1.29, 1.82) is 0 Å². The highest BCUT2D eigenvalue weighted by Crippen LogP contribution is 2.20. The molecule has 1 aromatic heterocycles. The topological polar surface area (TPSA) is 72.9 Å². The van der Waals surface area contributed by atoms with Crippen LogP contribution in [0, 0.1) is 0 Å². The van der Waals surface area contributed by atoms with Crippen molar-refractivity contribution < 1.29 is 8.42 Å². The Bertz CT molecular complexity index is 623. The quantitative estimate of drug-likeness (QED) is 0.720. The van der Waals surface area contributed by atoms with E-state index < -0.39 is 10.2 Å². The molecule has 2 saturated heterocycles. The van der Waals surface area contributed by atoms with E-state index in [0.717, 1.165) is 18.8 Å². The molecule has 0 radical (unpaired) electrons. The van der Waals surface area contributed by atoms with E-state index in [9.17, 15) is 8.42 Å². The van der Waals surface area contributed by atoms with Crippen LogP contribution >= 0.6 is 23.1 Å². The van der Waals surface area contributed by atoms with Crippen molar-refractivity contribution in [2.45, 2.75) is 6.54 Å². The van der Waals surface area contributed by atoms with Gasteiger partial charge in [0.05, 0.1) is 0 Å². The number of likely N-dealkylation sites (N-methyl/N-ethyl adjacent to an activating group) is 1. The molecule has 0 unspecified atom stereocenters. The lowest BCUT2D eigenvalue weighted by atomic mass is 10.3. The molecule has 23 heavy (non-hydrogen) atoms. The Kier molecular flexibility index (Phi) is 5.51. The van der Waals surface area contributed by atoms with Crippen LogP contribution in [0.4, 0.5) is 0 Å². The first-order valence-corrected chi connectivity index (χ1v) is 10.1. The van der Waals surface area contributed by atoms with Crippen molar-refractivity contribution in [3.63, 3.8) is 0 Å². The molecular formula is C12H21ClN6O2S2. The van der Waals surface area contributed by atoms with Gasteiger partial charge in [0.1, 0.15) is 10.0 Å². The standard InChI is InChI=1S/C12H21ClN6O2S2/c1-16-2-6-18(7-3-16)23(20,21)19-8-4-17(5-9-19)10-11-12(13)22-15-14-11/h2-10H2,1H3. The summed E-state index contributed by atoms with van der Waals surface area (Å²) in [6, 6.07) is 0. The summed E-state index contributed by atoms with van der Waals surface area (Å²) >= 11 is 7.20. The predicted molar refractivity (Wildman–Crippen MR) is 89.8 cm³/mol. The molecule has 3 heterocycles. The lowest BCUT2D eigenvalue weighted by molar-refractivity contribution is 0.164. The third kappa shape index (κ3) is 4.01. The molecule has 11 heteroatoms. The van der Waals surface area contributed by atoms with Crippen molar-refractivity contribution in [2.24, 2.45) is 0 Å². The van der Waals surface area contributed by atoms with Crippen LogP contribution in [0.3, 0.4) is 0 Å². The van der Waals surface area contributed by atoms with Gasteiger partial charge in [0.2, 0.25) is 0 Å². The van der Waals surface area contributed by atoms with Gasteiger partial charge in [-0.2, -0.15) is 17.0 Å². The normalized spacial score (nSPS) is 23.4. The number of piperazine rings is 2. The second-order valence-electron chi connectivity index (χ2n) is 5.88. The summed E-state index contributed by atoms with van der Waals surface area (Å²) in [5.74, 6) is 0. The van der Waals surface area contributed by atoms with Crippen LogP contribution in [-0.4, -0.2) is 95.8 Å². The highest BCUT2D eigenvalue weighted by molar-refractivity contribution is 7.86. The van der Waals surface area contributed by atoms with E-state index >= 15 is 0 Å². The first-order valence-electron chi connectivity index (χ1n) is 7.59. The predicted octanol–water partition coefficient (Wildman–Crippen LogP) is -0.199. The summed E-state index contributed by atoms with van der Waals surface area (Å²) in [4.78, 5) is 4.31. The molecule has 0 aromatic carbocycles. The average molecular weight is 381 g/mol. The minimum atomic E-state index is -3.34. The third-order valence-electron chi connectivity index (χ3n) is 4.33. The minimum absolute atomic E-state index is 0.504. The number of halogens is 1. The molecule has 0 N–H and O–H groups in total. The molecule has 0 saturated carbocycles. The Hall–Kier alpha value is -0.360. The Morgan fingerprint density at radius 1 is 1.04 bits per heavy atom. The number of hydrogen-bond donors (Lipinski definition) is 0. The van der Waals surface area contributed by atoms with Crippen molar-refractivity contribution in [1.82, 2.24) is 28.0 Å². The molecule has 2 fully saturated rings. The summed E-state index contributed by atoms with van der Waals surface area (Å²) in [5.41, 5.74) is 0.770. The van der Waals surface area contributed by atoms with Crippen molar-refractivity contribution in [3.05, 3.63) is 10.0 Å². The van der Waals surface area contributed by atoms with Gasteiger partial charge in [-0.05, 0) is 7.05 Å². The second kappa shape index (κ2) is 7.26. The molecule has 8 nitrogen and oxygen atoms in total. The average Bonchev–Trinajstić information content (AvgIpc) is 2.93. The van der Waals surface area contributed by atoms with Gasteiger partial charge >= 0.3 is 0 Å². The van der Waals surface area contributed by atoms with E-state index in [1.165, 1.54) is 11.5 Å². The van der Waals surface area contributed by atoms with Gasteiger partial charge in [0, 0.05) is 70.4 Å². The van der Waals surface area contributed by atoms with Crippen molar-refractivity contribution >= 4 is 33.3 Å². The van der Waals surface area contributed by atoms with E-state index in [2.05, 4.69) is 19.4 Å². The zero-order valence-electron chi connectivity index (χ0n) is 13.1. The fourth-order valence-electron chi connectivity index (χ4n) is 2.80. The number of hydrogen-bond acceptors (Lipinski definition) is 7. The summed E-state index contributed by atoms with van der Waals surface area (Å²) in [7, 11) is -1.33. The molecule has 0 bridgehead atoms. The van der Waals surface area contributed by atoms with E-state index in [1.54, 1.807) is 8.61 Å². The highest BCUT2D eigenvalue weighted by atomic mass is 35.5. The van der Waals surface area contributed by atoms with Crippen LogP contribution in [0.2, 0.25) is 4.34 Å². The van der Waals surface area contributed by atoms with E-state index in [0.29, 0.717) is 50.1 Å². The first-order chi connectivity index (χ1) is 11.0. The molecule has 0 aliphatic carbocycles. The molecular weight excluding hydrogens is 360 g/mol. The van der Waals surface area contributed by atoms with Gasteiger partial charge in [-0.3, -0.25) is 4.90 Å². The zero-order valence-corrected chi connectivity index (χ0v) is 15.4. The number of nitrogens with zero attached hydrogens (tertiary/aromatic N) is 6. The summed E-state index contributed by atoms with van der Waals surface area (Å²) in [5, 5.41) is 4.01. The highest BCUT2D eigenvalue weighted by Gasteiger charge is 2.33. The summed E-state index contributed by atoms with van der Waals surface area (Å²) < 4.78 is 33.0. The maximum atomic E-state index is 12.7. The molecule has 2 aliphatic rings. The van der Waals surface area contributed by atoms with Crippen LogP contribution in [0.5, 0.6) is 0 Å². The molecule has 0 spiro atoms. The fraction of sp³-hybridized carbons (Fsp3) is 0.833. The number of rotatable bonds is 4. The zero-order chi connectivity index (χ0) is 16.4. The Labute approximate surface area is 145 Å². The van der Waals surface area contributed by atoms with Crippen molar-refractivity contribution in [2.75, 3.05) is 59.4 Å². The van der Waals surface area contributed by atoms with Gasteiger partial charge in [0.25, 0.3) is 10.2 Å². The van der Waals surface area contributed by atoms with Gasteiger partial charge in [-0.25, -0.2) is 0 Å². The van der Waals surface area contributed by atoms with Gasteiger partial charge in [0.15, 0.2) is 0 Å². The molecule has 3 rings (SSSR count). The lowest BCUT2D eigenvalue weighted by Gasteiger charge is -2.38.